The van der Waals surface area contributed by atoms with E-state index in [1.807, 2.05) is 11.8 Å². The van der Waals surface area contributed by atoms with Crippen LogP contribution in [0.1, 0.15) is 56.9 Å². The topological polar surface area (TPSA) is 46.5 Å². The molecule has 0 spiro atoms. The normalized spacial score (nSPS) is 25.3. The van der Waals surface area contributed by atoms with Crippen molar-refractivity contribution in [3.05, 3.63) is 48.0 Å². The van der Waals surface area contributed by atoms with Crippen LogP contribution in [0.25, 0.3) is 0 Å². The van der Waals surface area contributed by atoms with Crippen LogP contribution in [0.3, 0.4) is 0 Å². The molecule has 166 valence electrons. The number of hydrogen-bond donors (Lipinski definition) is 1. The number of fused-ring (bicyclic) bond motifs is 2. The summed E-state index contributed by atoms with van der Waals surface area (Å²) >= 11 is 4.17. The first-order valence-electron chi connectivity index (χ1n) is 11.5. The average molecular weight is 449 g/mol. The molecule has 2 heterocycles. The van der Waals surface area contributed by atoms with Gasteiger partial charge >= 0.3 is 5.97 Å². The van der Waals surface area contributed by atoms with Crippen LogP contribution in [0.2, 0.25) is 0 Å². The van der Waals surface area contributed by atoms with Gasteiger partial charge in [-0.25, -0.2) is 0 Å². The predicted octanol–water partition coefficient (Wildman–Crippen LogP) is 6.43. The molecule has 2 fully saturated rings. The number of ether oxygens (including phenoxy) is 1. The molecule has 5 heteroatoms. The predicted molar refractivity (Wildman–Crippen MR) is 129 cm³/mol. The van der Waals surface area contributed by atoms with Gasteiger partial charge in [0, 0.05) is 12.2 Å². The number of allylic oxidation sites excluding steroid dienone is 2. The number of rotatable bonds is 15. The van der Waals surface area contributed by atoms with Crippen LogP contribution in [-0.4, -0.2) is 40.5 Å². The summed E-state index contributed by atoms with van der Waals surface area (Å²) in [5.74, 6) is 5.53. The Kier molecular flexibility index (Phi) is 10.7. The molecule has 2 saturated heterocycles. The summed E-state index contributed by atoms with van der Waals surface area (Å²) < 4.78 is 6.23. The minimum atomic E-state index is -0.697. The van der Waals surface area contributed by atoms with Gasteiger partial charge < -0.3 is 9.84 Å². The Morgan fingerprint density at radius 2 is 1.73 bits per heavy atom. The molecule has 0 unspecified atom stereocenters. The van der Waals surface area contributed by atoms with E-state index in [-0.39, 0.29) is 6.42 Å². The molecule has 0 radical (unpaired) electrons. The second-order valence-corrected chi connectivity index (χ2v) is 10.7. The zero-order chi connectivity index (χ0) is 21.0. The highest BCUT2D eigenvalue weighted by Gasteiger charge is 2.47. The van der Waals surface area contributed by atoms with E-state index in [1.54, 1.807) is 0 Å². The quantitative estimate of drug-likeness (QED) is 0.247. The molecule has 4 atom stereocenters. The molecule has 0 aliphatic carbocycles. The van der Waals surface area contributed by atoms with Gasteiger partial charge in [-0.1, -0.05) is 42.5 Å². The first-order valence-corrected chi connectivity index (χ1v) is 13.8. The minimum absolute atomic E-state index is 0.269. The molecule has 3 rings (SSSR count). The van der Waals surface area contributed by atoms with Crippen LogP contribution in [0.15, 0.2) is 42.5 Å². The minimum Gasteiger partial charge on any atom is -0.481 e. The lowest BCUT2D eigenvalue weighted by Gasteiger charge is -2.27. The van der Waals surface area contributed by atoms with Crippen molar-refractivity contribution >= 4 is 29.5 Å². The van der Waals surface area contributed by atoms with Crippen LogP contribution < -0.4 is 0 Å². The standard InChI is InChI=1S/C25H36O3S2/c26-25(27)13-7-2-1-6-12-21-22(24-15-14-23(21)28-24)19-30-17-9-8-16-29-18-20-10-4-3-5-11-20/h1,3-6,10-11,21-24H,2,7-9,12-19H2,(H,26,27)/b6-1-/t21-,22+,23-,24+/m1/s1. The molecule has 1 aromatic carbocycles. The zero-order valence-corrected chi connectivity index (χ0v) is 19.5. The van der Waals surface area contributed by atoms with Gasteiger partial charge in [0.2, 0.25) is 0 Å². The van der Waals surface area contributed by atoms with E-state index in [0.29, 0.717) is 24.0 Å². The highest BCUT2D eigenvalue weighted by molar-refractivity contribution is 7.99. The second kappa shape index (κ2) is 13.5. The summed E-state index contributed by atoms with van der Waals surface area (Å²) in [5, 5.41) is 8.72. The number of unbranched alkanes of at least 4 members (excludes halogenated alkanes) is 2. The monoisotopic (exact) mass is 448 g/mol. The fourth-order valence-electron chi connectivity index (χ4n) is 4.56. The maximum absolute atomic E-state index is 10.6. The van der Waals surface area contributed by atoms with Crippen molar-refractivity contribution in [3.63, 3.8) is 0 Å². The van der Waals surface area contributed by atoms with E-state index in [2.05, 4.69) is 54.2 Å². The van der Waals surface area contributed by atoms with Gasteiger partial charge in [0.25, 0.3) is 0 Å². The summed E-state index contributed by atoms with van der Waals surface area (Å²) in [4.78, 5) is 10.6. The third-order valence-corrected chi connectivity index (χ3v) is 8.49. The number of carboxylic acid groups (broad SMARTS) is 1. The fourth-order valence-corrected chi connectivity index (χ4v) is 6.85. The van der Waals surface area contributed by atoms with Crippen molar-refractivity contribution in [2.45, 2.75) is 69.3 Å². The van der Waals surface area contributed by atoms with Crippen molar-refractivity contribution < 1.29 is 14.6 Å². The Hall–Kier alpha value is -0.910. The van der Waals surface area contributed by atoms with Gasteiger partial charge in [-0.3, -0.25) is 4.79 Å². The van der Waals surface area contributed by atoms with Crippen molar-refractivity contribution in [2.24, 2.45) is 11.8 Å². The molecule has 2 aliphatic rings. The Bertz CT molecular complexity index is 649. The van der Waals surface area contributed by atoms with E-state index in [9.17, 15) is 4.79 Å². The number of thioether (sulfide) groups is 2. The maximum atomic E-state index is 10.6. The van der Waals surface area contributed by atoms with Gasteiger partial charge in [0.15, 0.2) is 0 Å². The molecular weight excluding hydrogens is 412 g/mol. The van der Waals surface area contributed by atoms with Crippen LogP contribution in [0.5, 0.6) is 0 Å². The van der Waals surface area contributed by atoms with Crippen molar-refractivity contribution in [1.82, 2.24) is 0 Å². The van der Waals surface area contributed by atoms with Gasteiger partial charge in [0.1, 0.15) is 0 Å². The molecule has 2 bridgehead atoms. The van der Waals surface area contributed by atoms with Gasteiger partial charge in [-0.2, -0.15) is 23.5 Å². The molecule has 1 N–H and O–H groups in total. The average Bonchev–Trinajstić information content (AvgIpc) is 3.35. The first-order chi connectivity index (χ1) is 14.7. The summed E-state index contributed by atoms with van der Waals surface area (Å²) in [6.07, 6.45) is 13.4. The van der Waals surface area contributed by atoms with Gasteiger partial charge in [-0.05, 0) is 79.6 Å². The Labute approximate surface area is 190 Å². The smallest absolute Gasteiger partial charge is 0.303 e. The Morgan fingerprint density at radius 1 is 1.00 bits per heavy atom. The second-order valence-electron chi connectivity index (χ2n) is 8.43. The lowest BCUT2D eigenvalue weighted by Crippen LogP contribution is -2.28. The molecule has 30 heavy (non-hydrogen) atoms. The summed E-state index contributed by atoms with van der Waals surface area (Å²) in [6.45, 7) is 0. The molecule has 3 nitrogen and oxygen atoms in total. The third-order valence-electron chi connectivity index (χ3n) is 6.18. The highest BCUT2D eigenvalue weighted by atomic mass is 32.2. The van der Waals surface area contributed by atoms with E-state index in [1.165, 1.54) is 48.5 Å². The summed E-state index contributed by atoms with van der Waals surface area (Å²) in [7, 11) is 0. The van der Waals surface area contributed by atoms with Crippen LogP contribution >= 0.6 is 23.5 Å². The lowest BCUT2D eigenvalue weighted by molar-refractivity contribution is -0.137. The van der Waals surface area contributed by atoms with Crippen molar-refractivity contribution in [1.29, 1.82) is 0 Å². The van der Waals surface area contributed by atoms with E-state index in [0.717, 1.165) is 25.0 Å². The number of hydrogen-bond acceptors (Lipinski definition) is 4. The van der Waals surface area contributed by atoms with Gasteiger partial charge in [0.05, 0.1) is 12.2 Å². The summed E-state index contributed by atoms with van der Waals surface area (Å²) in [5.41, 5.74) is 1.43. The first kappa shape index (κ1) is 23.7. The van der Waals surface area contributed by atoms with Gasteiger partial charge in [-0.15, -0.1) is 0 Å². The van der Waals surface area contributed by atoms with E-state index >= 15 is 0 Å². The molecule has 0 saturated carbocycles. The van der Waals surface area contributed by atoms with Crippen LogP contribution in [-0.2, 0) is 15.3 Å². The highest BCUT2D eigenvalue weighted by Crippen LogP contribution is 2.46. The Morgan fingerprint density at radius 3 is 2.50 bits per heavy atom. The lowest BCUT2D eigenvalue weighted by atomic mass is 9.78. The van der Waals surface area contributed by atoms with Crippen LogP contribution in [0.4, 0.5) is 0 Å². The van der Waals surface area contributed by atoms with Crippen molar-refractivity contribution in [2.75, 3.05) is 17.3 Å². The molecule has 1 aromatic rings. The number of benzene rings is 1. The zero-order valence-electron chi connectivity index (χ0n) is 17.9. The van der Waals surface area contributed by atoms with Crippen LogP contribution in [0, 0.1) is 11.8 Å². The molecule has 2 aliphatic heterocycles. The third kappa shape index (κ3) is 7.97. The van der Waals surface area contributed by atoms with E-state index < -0.39 is 5.97 Å². The van der Waals surface area contributed by atoms with E-state index in [4.69, 9.17) is 9.84 Å². The number of aliphatic carboxylic acids is 1. The Balaban J connectivity index is 1.25. The number of carboxylic acids is 1. The molecule has 0 amide bonds. The fraction of sp³-hybridized carbons (Fsp3) is 0.640. The van der Waals surface area contributed by atoms with Crippen molar-refractivity contribution in [3.8, 4) is 0 Å². The SMILES string of the molecule is O=C(O)CCC/C=C\C[C@@H]1[C@H](CSCCCCSCc2ccccc2)[C@@H]2CC[C@H]1O2. The molecular formula is C25H36O3S2. The molecule has 0 aromatic heterocycles. The largest absolute Gasteiger partial charge is 0.481 e. The summed E-state index contributed by atoms with van der Waals surface area (Å²) in [6, 6.07) is 10.7. The maximum Gasteiger partial charge on any atom is 0.303 e. The number of carbonyl (C=O) groups is 1.